The Morgan fingerprint density at radius 1 is 1.53 bits per heavy atom. The van der Waals surface area contributed by atoms with Crippen LogP contribution in [0, 0.1) is 5.82 Å². The van der Waals surface area contributed by atoms with E-state index in [-0.39, 0.29) is 24.3 Å². The number of halogens is 2. The van der Waals surface area contributed by atoms with Gasteiger partial charge in [0.25, 0.3) is 5.91 Å². The van der Waals surface area contributed by atoms with Crippen molar-refractivity contribution in [3.8, 4) is 0 Å². The first-order valence-electron chi connectivity index (χ1n) is 5.47. The zero-order valence-corrected chi connectivity index (χ0v) is 11.6. The van der Waals surface area contributed by atoms with E-state index in [0.717, 1.165) is 4.90 Å². The highest BCUT2D eigenvalue weighted by molar-refractivity contribution is 9.10. The molecule has 1 atom stereocenters. The topological polar surface area (TPSA) is 47.5 Å². The van der Waals surface area contributed by atoms with Gasteiger partial charge >= 0.3 is 0 Å². The Kier molecular flexibility index (Phi) is 5.08. The minimum atomic E-state index is -0.369. The molecule has 1 unspecified atom stereocenters. The summed E-state index contributed by atoms with van der Waals surface area (Å²) >= 11 is 3.21. The molecule has 0 saturated carbocycles. The van der Waals surface area contributed by atoms with Crippen LogP contribution in [0.4, 0.5) is 4.39 Å². The SMILES string of the molecule is CC(C)[NH+](CC(N)=O)Cc1ccc(Br)cc1F. The summed E-state index contributed by atoms with van der Waals surface area (Å²) < 4.78 is 14.4. The van der Waals surface area contributed by atoms with E-state index in [1.54, 1.807) is 12.1 Å². The van der Waals surface area contributed by atoms with E-state index in [9.17, 15) is 9.18 Å². The molecule has 0 aliphatic heterocycles. The summed E-state index contributed by atoms with van der Waals surface area (Å²) in [5.41, 5.74) is 5.78. The fraction of sp³-hybridized carbons (Fsp3) is 0.417. The number of amides is 1. The number of quaternary nitrogens is 1. The third-order valence-corrected chi connectivity index (χ3v) is 3.14. The van der Waals surface area contributed by atoms with Gasteiger partial charge in [-0.25, -0.2) is 4.39 Å². The van der Waals surface area contributed by atoms with Crippen molar-refractivity contribution >= 4 is 21.8 Å². The molecule has 17 heavy (non-hydrogen) atoms. The van der Waals surface area contributed by atoms with E-state index in [4.69, 9.17) is 5.73 Å². The number of hydrogen-bond donors (Lipinski definition) is 2. The summed E-state index contributed by atoms with van der Waals surface area (Å²) in [5.74, 6) is -0.631. The lowest BCUT2D eigenvalue weighted by atomic mass is 10.1. The maximum Gasteiger partial charge on any atom is 0.272 e. The Labute approximate surface area is 109 Å². The van der Waals surface area contributed by atoms with Gasteiger partial charge in [-0.3, -0.25) is 4.79 Å². The van der Waals surface area contributed by atoms with Crippen LogP contribution >= 0.6 is 15.9 Å². The van der Waals surface area contributed by atoms with Crippen LogP contribution in [-0.4, -0.2) is 18.5 Å². The first kappa shape index (κ1) is 14.1. The molecule has 0 aliphatic rings. The van der Waals surface area contributed by atoms with Crippen LogP contribution in [0.25, 0.3) is 0 Å². The van der Waals surface area contributed by atoms with Crippen molar-refractivity contribution in [2.45, 2.75) is 26.4 Å². The number of hydrogen-bond acceptors (Lipinski definition) is 1. The van der Waals surface area contributed by atoms with Gasteiger partial charge in [-0.15, -0.1) is 0 Å². The van der Waals surface area contributed by atoms with Gasteiger partial charge in [0.15, 0.2) is 6.54 Å². The highest BCUT2D eigenvalue weighted by Crippen LogP contribution is 2.14. The maximum atomic E-state index is 13.7. The number of rotatable bonds is 5. The third kappa shape index (κ3) is 4.44. The molecule has 0 spiro atoms. The molecule has 0 aliphatic carbocycles. The number of benzene rings is 1. The molecule has 1 amide bonds. The first-order chi connectivity index (χ1) is 7.90. The van der Waals surface area contributed by atoms with Crippen LogP contribution in [0.15, 0.2) is 22.7 Å². The van der Waals surface area contributed by atoms with Crippen molar-refractivity contribution in [3.63, 3.8) is 0 Å². The lowest BCUT2D eigenvalue weighted by Gasteiger charge is -2.22. The zero-order chi connectivity index (χ0) is 13.0. The van der Waals surface area contributed by atoms with Crippen LogP contribution in [0.5, 0.6) is 0 Å². The van der Waals surface area contributed by atoms with Crippen molar-refractivity contribution in [2.24, 2.45) is 5.73 Å². The van der Waals surface area contributed by atoms with Crippen molar-refractivity contribution in [1.29, 1.82) is 0 Å². The number of carbonyl (C=O) groups excluding carboxylic acids is 1. The Hall–Kier alpha value is -0.940. The van der Waals surface area contributed by atoms with Gasteiger partial charge in [0, 0.05) is 10.0 Å². The average molecular weight is 304 g/mol. The van der Waals surface area contributed by atoms with Crippen molar-refractivity contribution in [1.82, 2.24) is 0 Å². The molecule has 0 fully saturated rings. The van der Waals surface area contributed by atoms with Gasteiger partial charge < -0.3 is 10.6 Å². The Morgan fingerprint density at radius 3 is 2.65 bits per heavy atom. The summed E-state index contributed by atoms with van der Waals surface area (Å²) in [4.78, 5) is 11.9. The van der Waals surface area contributed by atoms with Gasteiger partial charge in [-0.05, 0) is 32.0 Å². The van der Waals surface area contributed by atoms with Crippen LogP contribution in [0.3, 0.4) is 0 Å². The second kappa shape index (κ2) is 6.12. The van der Waals surface area contributed by atoms with Crippen molar-refractivity contribution in [3.05, 3.63) is 34.1 Å². The molecule has 1 rings (SSSR count). The van der Waals surface area contributed by atoms with Gasteiger partial charge in [0.05, 0.1) is 6.04 Å². The largest absolute Gasteiger partial charge is 0.365 e. The van der Waals surface area contributed by atoms with Gasteiger partial charge in [0.2, 0.25) is 0 Å². The molecule has 0 radical (unpaired) electrons. The first-order valence-corrected chi connectivity index (χ1v) is 6.26. The molecule has 5 heteroatoms. The quantitative estimate of drug-likeness (QED) is 0.833. The van der Waals surface area contributed by atoms with E-state index >= 15 is 0 Å². The van der Waals surface area contributed by atoms with Gasteiger partial charge in [0.1, 0.15) is 12.4 Å². The Bertz CT molecular complexity index is 409. The van der Waals surface area contributed by atoms with Crippen LogP contribution in [0.1, 0.15) is 19.4 Å². The number of primary amides is 1. The number of carbonyl (C=O) groups is 1. The second-order valence-electron chi connectivity index (χ2n) is 4.37. The van der Waals surface area contributed by atoms with Gasteiger partial charge in [-0.1, -0.05) is 15.9 Å². The molecule has 0 saturated heterocycles. The molecule has 0 aromatic heterocycles. The van der Waals surface area contributed by atoms with Crippen molar-refractivity contribution in [2.75, 3.05) is 6.54 Å². The molecule has 1 aromatic rings. The minimum Gasteiger partial charge on any atom is -0.365 e. The summed E-state index contributed by atoms with van der Waals surface area (Å²) in [6.45, 7) is 4.64. The van der Waals surface area contributed by atoms with Crippen LogP contribution in [-0.2, 0) is 11.3 Å². The van der Waals surface area contributed by atoms with E-state index < -0.39 is 0 Å². The fourth-order valence-corrected chi connectivity index (χ4v) is 1.94. The predicted molar refractivity (Wildman–Crippen MR) is 68.0 cm³/mol. The lowest BCUT2D eigenvalue weighted by Crippen LogP contribution is -3.14. The molecule has 0 bridgehead atoms. The van der Waals surface area contributed by atoms with Crippen molar-refractivity contribution < 1.29 is 14.1 Å². The van der Waals surface area contributed by atoms with Crippen LogP contribution in [0.2, 0.25) is 0 Å². The monoisotopic (exact) mass is 303 g/mol. The van der Waals surface area contributed by atoms with Gasteiger partial charge in [-0.2, -0.15) is 0 Å². The third-order valence-electron chi connectivity index (χ3n) is 2.65. The standard InChI is InChI=1S/C12H16BrFN2O/c1-8(2)16(7-12(15)17)6-9-3-4-10(13)5-11(9)14/h3-5,8H,6-7H2,1-2H3,(H2,15,17)/p+1. The fourth-order valence-electron chi connectivity index (χ4n) is 1.60. The Morgan fingerprint density at radius 2 is 2.18 bits per heavy atom. The smallest absolute Gasteiger partial charge is 0.272 e. The molecule has 0 heterocycles. The maximum absolute atomic E-state index is 13.7. The molecule has 1 aromatic carbocycles. The van der Waals surface area contributed by atoms with Crippen LogP contribution < -0.4 is 10.6 Å². The molecular weight excluding hydrogens is 287 g/mol. The Balaban J connectivity index is 2.82. The lowest BCUT2D eigenvalue weighted by molar-refractivity contribution is -0.927. The summed E-state index contributed by atoms with van der Waals surface area (Å²) in [5, 5.41) is 0. The number of nitrogens with one attached hydrogen (secondary N) is 1. The highest BCUT2D eigenvalue weighted by atomic mass is 79.9. The van der Waals surface area contributed by atoms with E-state index in [0.29, 0.717) is 16.6 Å². The summed E-state index contributed by atoms with van der Waals surface area (Å²) in [7, 11) is 0. The minimum absolute atomic E-state index is 0.213. The second-order valence-corrected chi connectivity index (χ2v) is 5.28. The normalized spacial score (nSPS) is 12.8. The van der Waals surface area contributed by atoms with E-state index in [1.807, 2.05) is 13.8 Å². The number of nitrogens with two attached hydrogens (primary N) is 1. The summed E-state index contributed by atoms with van der Waals surface area (Å²) in [6.07, 6.45) is 0. The zero-order valence-electron chi connectivity index (χ0n) is 9.97. The predicted octanol–water partition coefficient (Wildman–Crippen LogP) is 0.867. The molecular formula is C12H17BrFN2O+. The highest BCUT2D eigenvalue weighted by Gasteiger charge is 2.18. The molecule has 3 nitrogen and oxygen atoms in total. The summed E-state index contributed by atoms with van der Waals surface area (Å²) in [6, 6.07) is 5.16. The average Bonchev–Trinajstić information content (AvgIpc) is 2.19. The van der Waals surface area contributed by atoms with E-state index in [1.165, 1.54) is 6.07 Å². The molecule has 94 valence electrons. The molecule has 3 N–H and O–H groups in total. The van der Waals surface area contributed by atoms with E-state index in [2.05, 4.69) is 15.9 Å².